The smallest absolute Gasteiger partial charge is 0.163 e. The van der Waals surface area contributed by atoms with E-state index in [4.69, 9.17) is 16.0 Å². The summed E-state index contributed by atoms with van der Waals surface area (Å²) in [6, 6.07) is 1.79. The first-order chi connectivity index (χ1) is 6.36. The molecule has 2 nitrogen and oxygen atoms in total. The predicted molar refractivity (Wildman–Crippen MR) is 57.0 cm³/mol. The standard InChI is InChI=1S/C11H15ClO2/c1-7(13)8-5-10(11(2,3)4)14-9(8)6-12/h5H,6H2,1-4H3. The van der Waals surface area contributed by atoms with E-state index in [1.807, 2.05) is 20.8 Å². The predicted octanol–water partition coefficient (Wildman–Crippen LogP) is 3.52. The van der Waals surface area contributed by atoms with Crippen LogP contribution in [0.3, 0.4) is 0 Å². The first kappa shape index (κ1) is 11.3. The van der Waals surface area contributed by atoms with Gasteiger partial charge in [-0.25, -0.2) is 0 Å². The lowest BCUT2D eigenvalue weighted by Gasteiger charge is -2.13. The molecule has 0 bridgehead atoms. The van der Waals surface area contributed by atoms with Crippen LogP contribution in [0.2, 0.25) is 0 Å². The van der Waals surface area contributed by atoms with Crippen LogP contribution in [0, 0.1) is 0 Å². The summed E-state index contributed by atoms with van der Waals surface area (Å²) < 4.78 is 5.54. The molecule has 0 N–H and O–H groups in total. The zero-order chi connectivity index (χ0) is 10.9. The van der Waals surface area contributed by atoms with Gasteiger partial charge in [0.25, 0.3) is 0 Å². The Morgan fingerprint density at radius 2 is 2.07 bits per heavy atom. The zero-order valence-electron chi connectivity index (χ0n) is 8.98. The van der Waals surface area contributed by atoms with Gasteiger partial charge in [0.1, 0.15) is 11.5 Å². The van der Waals surface area contributed by atoms with Crippen molar-refractivity contribution in [2.24, 2.45) is 0 Å². The molecule has 1 aromatic heterocycles. The first-order valence-corrected chi connectivity index (χ1v) is 5.10. The Kier molecular flexibility index (Phi) is 3.05. The second-order valence-electron chi connectivity index (χ2n) is 4.39. The highest BCUT2D eigenvalue weighted by atomic mass is 35.5. The molecule has 1 rings (SSSR count). The maximum absolute atomic E-state index is 11.2. The molecular formula is C11H15ClO2. The van der Waals surface area contributed by atoms with Crippen LogP contribution in [-0.2, 0) is 11.3 Å². The van der Waals surface area contributed by atoms with Crippen LogP contribution in [0.25, 0.3) is 0 Å². The summed E-state index contributed by atoms with van der Waals surface area (Å²) in [5.41, 5.74) is 0.513. The monoisotopic (exact) mass is 214 g/mol. The molecule has 0 spiro atoms. The maximum atomic E-state index is 11.2. The van der Waals surface area contributed by atoms with Gasteiger partial charge >= 0.3 is 0 Å². The number of carbonyl (C=O) groups excluding carboxylic acids is 1. The van der Waals surface area contributed by atoms with Crippen molar-refractivity contribution in [2.45, 2.75) is 39.0 Å². The molecule has 0 aliphatic heterocycles. The van der Waals surface area contributed by atoms with Crippen molar-refractivity contribution in [3.8, 4) is 0 Å². The molecule has 0 radical (unpaired) electrons. The van der Waals surface area contributed by atoms with Crippen LogP contribution < -0.4 is 0 Å². The van der Waals surface area contributed by atoms with Crippen molar-refractivity contribution in [3.05, 3.63) is 23.2 Å². The van der Waals surface area contributed by atoms with E-state index in [0.717, 1.165) is 5.76 Å². The fraction of sp³-hybridized carbons (Fsp3) is 0.545. The van der Waals surface area contributed by atoms with E-state index in [2.05, 4.69) is 0 Å². The molecule has 3 heteroatoms. The van der Waals surface area contributed by atoms with Gasteiger partial charge in [0.05, 0.1) is 11.4 Å². The number of hydrogen-bond acceptors (Lipinski definition) is 2. The molecule has 0 fully saturated rings. The van der Waals surface area contributed by atoms with Crippen molar-refractivity contribution in [1.82, 2.24) is 0 Å². The van der Waals surface area contributed by atoms with E-state index in [0.29, 0.717) is 11.3 Å². The van der Waals surface area contributed by atoms with Gasteiger partial charge in [-0.2, -0.15) is 0 Å². The SMILES string of the molecule is CC(=O)c1cc(C(C)(C)C)oc1CCl. The van der Waals surface area contributed by atoms with Gasteiger partial charge in [-0.1, -0.05) is 20.8 Å². The summed E-state index contributed by atoms with van der Waals surface area (Å²) in [5.74, 6) is 1.62. The Labute approximate surface area is 89.2 Å². The van der Waals surface area contributed by atoms with E-state index < -0.39 is 0 Å². The molecule has 78 valence electrons. The zero-order valence-corrected chi connectivity index (χ0v) is 9.73. The van der Waals surface area contributed by atoms with Crippen LogP contribution in [0.1, 0.15) is 49.6 Å². The summed E-state index contributed by atoms with van der Waals surface area (Å²) in [4.78, 5) is 11.2. The number of hydrogen-bond donors (Lipinski definition) is 0. The van der Waals surface area contributed by atoms with Crippen molar-refractivity contribution in [1.29, 1.82) is 0 Å². The molecule has 0 aliphatic carbocycles. The second-order valence-corrected chi connectivity index (χ2v) is 4.65. The number of ketones is 1. The third-order valence-electron chi connectivity index (χ3n) is 2.05. The Balaban J connectivity index is 3.20. The van der Waals surface area contributed by atoms with Crippen LogP contribution in [0.4, 0.5) is 0 Å². The lowest BCUT2D eigenvalue weighted by Crippen LogP contribution is -2.09. The molecule has 14 heavy (non-hydrogen) atoms. The highest BCUT2D eigenvalue weighted by molar-refractivity contribution is 6.17. The summed E-state index contributed by atoms with van der Waals surface area (Å²) in [5, 5.41) is 0. The number of halogens is 1. The minimum atomic E-state index is -0.0888. The molecule has 0 aliphatic rings. The minimum absolute atomic E-state index is 0.0000926. The number of carbonyl (C=O) groups is 1. The quantitative estimate of drug-likeness (QED) is 0.557. The van der Waals surface area contributed by atoms with Gasteiger partial charge in [0.15, 0.2) is 5.78 Å². The van der Waals surface area contributed by atoms with Crippen molar-refractivity contribution < 1.29 is 9.21 Å². The summed E-state index contributed by atoms with van der Waals surface area (Å²) >= 11 is 5.69. The summed E-state index contributed by atoms with van der Waals surface area (Å²) in [6.07, 6.45) is 0. The van der Waals surface area contributed by atoms with E-state index in [1.165, 1.54) is 6.92 Å². The van der Waals surface area contributed by atoms with Crippen LogP contribution in [0.15, 0.2) is 10.5 Å². The first-order valence-electron chi connectivity index (χ1n) is 4.56. The number of rotatable bonds is 2. The molecule has 0 saturated heterocycles. The molecular weight excluding hydrogens is 200 g/mol. The van der Waals surface area contributed by atoms with Gasteiger partial charge in [-0.3, -0.25) is 4.79 Å². The van der Waals surface area contributed by atoms with Crippen LogP contribution in [0.5, 0.6) is 0 Å². The fourth-order valence-corrected chi connectivity index (χ4v) is 1.39. The summed E-state index contributed by atoms with van der Waals surface area (Å²) in [7, 11) is 0. The lowest BCUT2D eigenvalue weighted by molar-refractivity contribution is 0.101. The highest BCUT2D eigenvalue weighted by Crippen LogP contribution is 2.28. The van der Waals surface area contributed by atoms with E-state index in [-0.39, 0.29) is 17.1 Å². The maximum Gasteiger partial charge on any atom is 0.163 e. The third kappa shape index (κ3) is 2.18. The van der Waals surface area contributed by atoms with Crippen molar-refractivity contribution >= 4 is 17.4 Å². The van der Waals surface area contributed by atoms with E-state index >= 15 is 0 Å². The van der Waals surface area contributed by atoms with Gasteiger partial charge in [-0.15, -0.1) is 11.6 Å². The molecule has 0 saturated carbocycles. The Bertz CT molecular complexity index is 345. The molecule has 1 aromatic rings. The largest absolute Gasteiger partial charge is 0.463 e. The number of Topliss-reactive ketones (excluding diaryl/α,β-unsaturated/α-hetero) is 1. The minimum Gasteiger partial charge on any atom is -0.463 e. The Morgan fingerprint density at radius 1 is 1.50 bits per heavy atom. The number of furan rings is 1. The van der Waals surface area contributed by atoms with Gasteiger partial charge in [0, 0.05) is 5.41 Å². The normalized spacial score (nSPS) is 11.8. The average molecular weight is 215 g/mol. The molecule has 1 heterocycles. The van der Waals surface area contributed by atoms with Crippen molar-refractivity contribution in [3.63, 3.8) is 0 Å². The van der Waals surface area contributed by atoms with Crippen molar-refractivity contribution in [2.75, 3.05) is 0 Å². The van der Waals surface area contributed by atoms with Crippen LogP contribution in [-0.4, -0.2) is 5.78 Å². The topological polar surface area (TPSA) is 30.2 Å². The summed E-state index contributed by atoms with van der Waals surface area (Å²) in [6.45, 7) is 7.63. The Hall–Kier alpha value is -0.760. The third-order valence-corrected chi connectivity index (χ3v) is 2.29. The fourth-order valence-electron chi connectivity index (χ4n) is 1.20. The molecule has 0 aromatic carbocycles. The lowest BCUT2D eigenvalue weighted by atomic mass is 9.93. The highest BCUT2D eigenvalue weighted by Gasteiger charge is 2.22. The Morgan fingerprint density at radius 3 is 2.36 bits per heavy atom. The van der Waals surface area contributed by atoms with Gasteiger partial charge < -0.3 is 4.42 Å². The van der Waals surface area contributed by atoms with Gasteiger partial charge in [-0.05, 0) is 13.0 Å². The van der Waals surface area contributed by atoms with E-state index in [1.54, 1.807) is 6.07 Å². The van der Waals surface area contributed by atoms with E-state index in [9.17, 15) is 4.79 Å². The second kappa shape index (κ2) is 3.77. The van der Waals surface area contributed by atoms with Gasteiger partial charge in [0.2, 0.25) is 0 Å². The molecule has 0 unspecified atom stereocenters. The van der Waals surface area contributed by atoms with Crippen LogP contribution >= 0.6 is 11.6 Å². The average Bonchev–Trinajstić information content (AvgIpc) is 2.45. The molecule has 0 amide bonds. The molecule has 0 atom stereocenters. The number of alkyl halides is 1.